The molecule has 0 spiro atoms. The van der Waals surface area contributed by atoms with Crippen LogP contribution in [-0.2, 0) is 11.2 Å². The minimum absolute atomic E-state index is 0.132. The lowest BCUT2D eigenvalue weighted by molar-refractivity contribution is -0.118. The molecule has 0 saturated carbocycles. The number of anilines is 2. The first-order valence-corrected chi connectivity index (χ1v) is 9.45. The van der Waals surface area contributed by atoms with Gasteiger partial charge in [-0.3, -0.25) is 10.1 Å². The lowest BCUT2D eigenvalue weighted by atomic mass is 9.97. The maximum atomic E-state index is 12.4. The van der Waals surface area contributed by atoms with E-state index in [4.69, 9.17) is 9.47 Å². The van der Waals surface area contributed by atoms with Gasteiger partial charge in [0, 0.05) is 23.5 Å². The number of benzene rings is 2. The molecule has 0 aliphatic carbocycles. The van der Waals surface area contributed by atoms with Crippen molar-refractivity contribution in [1.29, 1.82) is 0 Å². The summed E-state index contributed by atoms with van der Waals surface area (Å²) in [5.41, 5.74) is 2.82. The number of amides is 3. The van der Waals surface area contributed by atoms with Gasteiger partial charge >= 0.3 is 6.03 Å². The van der Waals surface area contributed by atoms with E-state index in [0.717, 1.165) is 18.5 Å². The summed E-state index contributed by atoms with van der Waals surface area (Å²) in [7, 11) is 0. The van der Waals surface area contributed by atoms with E-state index >= 15 is 0 Å². The van der Waals surface area contributed by atoms with Crippen LogP contribution in [0.4, 0.5) is 16.2 Å². The van der Waals surface area contributed by atoms with Crippen molar-refractivity contribution in [3.05, 3.63) is 48.0 Å². The van der Waals surface area contributed by atoms with Crippen LogP contribution in [0.5, 0.6) is 11.5 Å². The number of nitrogens with zero attached hydrogens (tertiary/aromatic N) is 1. The van der Waals surface area contributed by atoms with Crippen molar-refractivity contribution in [3.8, 4) is 11.5 Å². The van der Waals surface area contributed by atoms with E-state index < -0.39 is 6.03 Å². The van der Waals surface area contributed by atoms with Gasteiger partial charge in [-0.15, -0.1) is 0 Å². The van der Waals surface area contributed by atoms with Gasteiger partial charge in [-0.05, 0) is 43.5 Å². The molecular weight excluding hydrogens is 358 g/mol. The number of urea groups is 1. The molecule has 28 heavy (non-hydrogen) atoms. The number of nitrogens with one attached hydrogen (secondary N) is 2. The minimum Gasteiger partial charge on any atom is -0.486 e. The molecule has 4 rings (SSSR count). The first kappa shape index (κ1) is 18.2. The third-order valence-electron chi connectivity index (χ3n) is 5.03. The van der Waals surface area contributed by atoms with Crippen LogP contribution in [-0.4, -0.2) is 37.7 Å². The molecule has 0 saturated heterocycles. The zero-order valence-electron chi connectivity index (χ0n) is 15.7. The SMILES string of the molecule is CC1CCc2ccccc2N1CC(=O)NC(=O)Nc1ccc2c(c1)OCCO2. The van der Waals surface area contributed by atoms with Crippen molar-refractivity contribution >= 4 is 23.3 Å². The van der Waals surface area contributed by atoms with Crippen molar-refractivity contribution < 1.29 is 19.1 Å². The van der Waals surface area contributed by atoms with Gasteiger partial charge in [0.2, 0.25) is 5.91 Å². The van der Waals surface area contributed by atoms with Gasteiger partial charge in [0.05, 0.1) is 6.54 Å². The predicted molar refractivity (Wildman–Crippen MR) is 106 cm³/mol. The number of aryl methyl sites for hydroxylation is 1. The molecule has 2 aliphatic rings. The minimum atomic E-state index is -0.570. The van der Waals surface area contributed by atoms with E-state index in [1.807, 2.05) is 23.1 Å². The van der Waals surface area contributed by atoms with Gasteiger partial charge in [-0.2, -0.15) is 0 Å². The normalized spacial score (nSPS) is 17.5. The molecule has 3 amide bonds. The lowest BCUT2D eigenvalue weighted by Crippen LogP contribution is -2.46. The first-order chi connectivity index (χ1) is 13.6. The molecule has 2 heterocycles. The van der Waals surface area contributed by atoms with E-state index in [1.165, 1.54) is 5.56 Å². The fourth-order valence-electron chi connectivity index (χ4n) is 3.61. The highest BCUT2D eigenvalue weighted by atomic mass is 16.6. The molecule has 2 N–H and O–H groups in total. The largest absolute Gasteiger partial charge is 0.486 e. The van der Waals surface area contributed by atoms with Crippen LogP contribution >= 0.6 is 0 Å². The summed E-state index contributed by atoms with van der Waals surface area (Å²) in [6, 6.07) is 12.9. The molecule has 1 unspecified atom stereocenters. The maximum Gasteiger partial charge on any atom is 0.325 e. The number of hydrogen-bond acceptors (Lipinski definition) is 5. The van der Waals surface area contributed by atoms with Crippen LogP contribution < -0.4 is 25.0 Å². The van der Waals surface area contributed by atoms with Crippen molar-refractivity contribution in [1.82, 2.24) is 5.32 Å². The molecule has 0 fully saturated rings. The Labute approximate surface area is 163 Å². The second kappa shape index (κ2) is 7.80. The third kappa shape index (κ3) is 3.88. The molecule has 2 aliphatic heterocycles. The van der Waals surface area contributed by atoms with Gasteiger partial charge in [0.1, 0.15) is 13.2 Å². The van der Waals surface area contributed by atoms with Gasteiger partial charge in [-0.1, -0.05) is 18.2 Å². The van der Waals surface area contributed by atoms with E-state index in [-0.39, 0.29) is 18.5 Å². The number of rotatable bonds is 3. The number of imide groups is 1. The highest BCUT2D eigenvalue weighted by molar-refractivity contribution is 6.02. The molecule has 7 heteroatoms. The lowest BCUT2D eigenvalue weighted by Gasteiger charge is -2.36. The van der Waals surface area contributed by atoms with Crippen molar-refractivity contribution in [2.24, 2.45) is 0 Å². The first-order valence-electron chi connectivity index (χ1n) is 9.45. The molecular formula is C21H23N3O4. The number of hydrogen-bond donors (Lipinski definition) is 2. The standard InChI is InChI=1S/C21H23N3O4/c1-14-6-7-15-4-2-3-5-17(15)24(14)13-20(25)23-21(26)22-16-8-9-18-19(12-16)28-11-10-27-18/h2-5,8-9,12,14H,6-7,10-11,13H2,1H3,(H2,22,23,25,26). The molecule has 146 valence electrons. The highest BCUT2D eigenvalue weighted by Gasteiger charge is 2.25. The molecule has 2 aromatic rings. The number of carbonyl (C=O) groups is 2. The molecule has 0 aromatic heterocycles. The number of ether oxygens (including phenoxy) is 2. The van der Waals surface area contributed by atoms with E-state index in [9.17, 15) is 9.59 Å². The second-order valence-electron chi connectivity index (χ2n) is 7.01. The summed E-state index contributed by atoms with van der Waals surface area (Å²) in [4.78, 5) is 26.7. The summed E-state index contributed by atoms with van der Waals surface area (Å²) in [5.74, 6) is 0.874. The average molecular weight is 381 g/mol. The summed E-state index contributed by atoms with van der Waals surface area (Å²) >= 11 is 0. The van der Waals surface area contributed by atoms with Gasteiger partial charge in [0.25, 0.3) is 0 Å². The van der Waals surface area contributed by atoms with Crippen LogP contribution in [0.1, 0.15) is 18.9 Å². The van der Waals surface area contributed by atoms with Crippen LogP contribution in [0.3, 0.4) is 0 Å². The van der Waals surface area contributed by atoms with Crippen LogP contribution in [0.25, 0.3) is 0 Å². The van der Waals surface area contributed by atoms with Crippen molar-refractivity contribution in [2.45, 2.75) is 25.8 Å². The number of para-hydroxylation sites is 1. The smallest absolute Gasteiger partial charge is 0.325 e. The summed E-state index contributed by atoms with van der Waals surface area (Å²) in [5, 5.41) is 5.07. The molecule has 0 radical (unpaired) electrons. The Morgan fingerprint density at radius 3 is 2.75 bits per heavy atom. The Bertz CT molecular complexity index is 899. The van der Waals surface area contributed by atoms with E-state index in [1.54, 1.807) is 18.2 Å². The van der Waals surface area contributed by atoms with Crippen molar-refractivity contribution in [3.63, 3.8) is 0 Å². The van der Waals surface area contributed by atoms with Gasteiger partial charge in [0.15, 0.2) is 11.5 Å². The Kier molecular flexibility index (Phi) is 5.06. The monoisotopic (exact) mass is 381 g/mol. The summed E-state index contributed by atoms with van der Waals surface area (Å²) in [6.45, 7) is 3.20. The zero-order valence-corrected chi connectivity index (χ0v) is 15.7. The summed E-state index contributed by atoms with van der Waals surface area (Å²) < 4.78 is 11.0. The Hall–Kier alpha value is -3.22. The molecule has 7 nitrogen and oxygen atoms in total. The predicted octanol–water partition coefficient (Wildman–Crippen LogP) is 2.95. The van der Waals surface area contributed by atoms with Crippen LogP contribution in [0.15, 0.2) is 42.5 Å². The highest BCUT2D eigenvalue weighted by Crippen LogP contribution is 2.32. The Morgan fingerprint density at radius 2 is 1.89 bits per heavy atom. The average Bonchev–Trinajstić information content (AvgIpc) is 2.70. The molecule has 2 aromatic carbocycles. The Balaban J connectivity index is 1.37. The zero-order chi connectivity index (χ0) is 19.5. The van der Waals surface area contributed by atoms with Gasteiger partial charge in [-0.25, -0.2) is 4.79 Å². The third-order valence-corrected chi connectivity index (χ3v) is 5.03. The van der Waals surface area contributed by atoms with Gasteiger partial charge < -0.3 is 19.7 Å². The molecule has 1 atom stereocenters. The number of fused-ring (bicyclic) bond motifs is 2. The van der Waals surface area contributed by atoms with Crippen LogP contribution in [0.2, 0.25) is 0 Å². The fraction of sp³-hybridized carbons (Fsp3) is 0.333. The van der Waals surface area contributed by atoms with Crippen molar-refractivity contribution in [2.75, 3.05) is 30.0 Å². The van der Waals surface area contributed by atoms with E-state index in [0.29, 0.717) is 30.4 Å². The molecule has 0 bridgehead atoms. The number of carbonyl (C=O) groups excluding carboxylic acids is 2. The second-order valence-corrected chi connectivity index (χ2v) is 7.01. The Morgan fingerprint density at radius 1 is 1.11 bits per heavy atom. The maximum absolute atomic E-state index is 12.4. The summed E-state index contributed by atoms with van der Waals surface area (Å²) in [6.07, 6.45) is 1.98. The van der Waals surface area contributed by atoms with Crippen LogP contribution in [0, 0.1) is 0 Å². The van der Waals surface area contributed by atoms with E-state index in [2.05, 4.69) is 23.6 Å². The topological polar surface area (TPSA) is 79.9 Å². The fourth-order valence-corrected chi connectivity index (χ4v) is 3.61. The quantitative estimate of drug-likeness (QED) is 0.855.